The number of amides is 4. The number of hydrogen-bond acceptors (Lipinski definition) is 4. The van der Waals surface area contributed by atoms with Crippen molar-refractivity contribution in [3.63, 3.8) is 0 Å². The zero-order chi connectivity index (χ0) is 15.7. The highest BCUT2D eigenvalue weighted by Crippen LogP contribution is 2.12. The third-order valence-corrected chi connectivity index (χ3v) is 3.25. The van der Waals surface area contributed by atoms with E-state index >= 15 is 0 Å². The van der Waals surface area contributed by atoms with E-state index in [4.69, 9.17) is 4.84 Å². The van der Waals surface area contributed by atoms with E-state index in [1.807, 2.05) is 6.92 Å². The summed E-state index contributed by atoms with van der Waals surface area (Å²) in [5.74, 6) is -0.503. The van der Waals surface area contributed by atoms with Crippen molar-refractivity contribution in [3.05, 3.63) is 0 Å². The van der Waals surface area contributed by atoms with Gasteiger partial charge in [-0.3, -0.25) is 4.79 Å². The molecule has 1 N–H and O–H groups in total. The van der Waals surface area contributed by atoms with Gasteiger partial charge in [-0.1, -0.05) is 44.6 Å². The third-order valence-electron chi connectivity index (χ3n) is 3.25. The fourth-order valence-electron chi connectivity index (χ4n) is 2.00. The lowest BCUT2D eigenvalue weighted by atomic mass is 10.2. The number of nitrogens with one attached hydrogen (secondary N) is 1. The van der Waals surface area contributed by atoms with Crippen molar-refractivity contribution >= 4 is 18.0 Å². The average Bonchev–Trinajstić information content (AvgIpc) is 2.72. The number of carbonyl (C=O) groups excluding carboxylic acids is 3. The van der Waals surface area contributed by atoms with Gasteiger partial charge in [0.1, 0.15) is 6.54 Å². The van der Waals surface area contributed by atoms with Crippen molar-refractivity contribution in [1.29, 1.82) is 0 Å². The van der Waals surface area contributed by atoms with Crippen LogP contribution in [0, 0.1) is 0 Å². The monoisotopic (exact) mass is 299 g/mol. The normalized spacial score (nSPS) is 14.8. The number of carbonyl (C=O) groups is 3. The summed E-state index contributed by atoms with van der Waals surface area (Å²) in [4.78, 5) is 41.3. The zero-order valence-corrected chi connectivity index (χ0v) is 12.9. The lowest BCUT2D eigenvalue weighted by molar-refractivity contribution is -0.147. The second-order valence-corrected chi connectivity index (χ2v) is 5.11. The predicted molar refractivity (Wildman–Crippen MR) is 77.3 cm³/mol. The number of unbranched alkanes of at least 4 members (excludes halogenated alkanes) is 4. The number of urea groups is 1. The van der Waals surface area contributed by atoms with E-state index in [1.165, 1.54) is 4.90 Å². The number of rotatable bonds is 9. The predicted octanol–water partition coefficient (Wildman–Crippen LogP) is 2.27. The van der Waals surface area contributed by atoms with Gasteiger partial charge in [0.05, 0.1) is 0 Å². The van der Waals surface area contributed by atoms with Crippen LogP contribution in [0.5, 0.6) is 0 Å². The Kier molecular flexibility index (Phi) is 7.56. The van der Waals surface area contributed by atoms with E-state index < -0.39 is 18.0 Å². The molecule has 0 spiro atoms. The van der Waals surface area contributed by atoms with Gasteiger partial charge in [-0.2, -0.15) is 0 Å². The summed E-state index contributed by atoms with van der Waals surface area (Å²) in [6.45, 7) is 5.07. The highest BCUT2D eigenvalue weighted by atomic mass is 16.7. The first-order chi connectivity index (χ1) is 10.1. The van der Waals surface area contributed by atoms with E-state index in [9.17, 15) is 14.4 Å². The lowest BCUT2D eigenvalue weighted by Crippen LogP contribution is -2.39. The van der Waals surface area contributed by atoms with Crippen molar-refractivity contribution in [1.82, 2.24) is 15.3 Å². The number of hydrogen-bond donors (Lipinski definition) is 1. The van der Waals surface area contributed by atoms with E-state index in [-0.39, 0.29) is 6.54 Å². The van der Waals surface area contributed by atoms with Crippen LogP contribution in [-0.4, -0.2) is 47.6 Å². The van der Waals surface area contributed by atoms with E-state index in [0.29, 0.717) is 18.2 Å². The standard InChI is InChI=1S/C14H25N3O4/c1-3-5-7-8-9-15-13(19)21-17-12(18)11-16(14(17)20)10-6-4-2/h3-11H2,1-2H3,(H,15,19). The summed E-state index contributed by atoms with van der Waals surface area (Å²) < 4.78 is 0. The largest absolute Gasteiger partial charge is 0.432 e. The van der Waals surface area contributed by atoms with Crippen LogP contribution in [0.25, 0.3) is 0 Å². The molecule has 0 atom stereocenters. The molecule has 0 saturated carbocycles. The summed E-state index contributed by atoms with van der Waals surface area (Å²) in [5.41, 5.74) is 0. The van der Waals surface area contributed by atoms with Gasteiger partial charge < -0.3 is 15.1 Å². The van der Waals surface area contributed by atoms with Crippen LogP contribution >= 0.6 is 0 Å². The van der Waals surface area contributed by atoms with Crippen molar-refractivity contribution < 1.29 is 19.2 Å². The molecule has 0 aromatic heterocycles. The highest BCUT2D eigenvalue weighted by molar-refractivity contribution is 6.01. The molecule has 0 unspecified atom stereocenters. The van der Waals surface area contributed by atoms with Crippen LogP contribution in [0.15, 0.2) is 0 Å². The molecular formula is C14H25N3O4. The average molecular weight is 299 g/mol. The van der Waals surface area contributed by atoms with Crippen LogP contribution in [0.2, 0.25) is 0 Å². The first-order valence-electron chi connectivity index (χ1n) is 7.67. The molecule has 120 valence electrons. The van der Waals surface area contributed by atoms with Crippen molar-refractivity contribution in [2.75, 3.05) is 19.6 Å². The molecule has 0 aromatic carbocycles. The molecule has 0 aromatic rings. The molecule has 0 aliphatic carbocycles. The Hall–Kier alpha value is -1.79. The maximum absolute atomic E-state index is 11.9. The molecular weight excluding hydrogens is 274 g/mol. The lowest BCUT2D eigenvalue weighted by Gasteiger charge is -2.15. The Morgan fingerprint density at radius 1 is 1.14 bits per heavy atom. The summed E-state index contributed by atoms with van der Waals surface area (Å²) in [7, 11) is 0. The second-order valence-electron chi connectivity index (χ2n) is 5.11. The first kappa shape index (κ1) is 17.3. The summed E-state index contributed by atoms with van der Waals surface area (Å²) in [6.07, 6.45) is 5.11. The van der Waals surface area contributed by atoms with Crippen LogP contribution in [0.3, 0.4) is 0 Å². The van der Waals surface area contributed by atoms with E-state index in [0.717, 1.165) is 38.5 Å². The first-order valence-corrected chi connectivity index (χ1v) is 7.67. The summed E-state index contributed by atoms with van der Waals surface area (Å²) in [6, 6.07) is -0.561. The van der Waals surface area contributed by atoms with Gasteiger partial charge in [-0.05, 0) is 12.8 Å². The van der Waals surface area contributed by atoms with Crippen molar-refractivity contribution in [2.24, 2.45) is 0 Å². The number of imide groups is 1. The zero-order valence-electron chi connectivity index (χ0n) is 12.9. The topological polar surface area (TPSA) is 79.0 Å². The molecule has 0 bridgehead atoms. The maximum atomic E-state index is 11.9. The molecule has 7 heteroatoms. The van der Waals surface area contributed by atoms with Crippen LogP contribution in [-0.2, 0) is 9.63 Å². The number of hydroxylamine groups is 2. The van der Waals surface area contributed by atoms with Crippen molar-refractivity contribution in [3.8, 4) is 0 Å². The molecule has 0 radical (unpaired) electrons. The Balaban J connectivity index is 2.31. The molecule has 7 nitrogen and oxygen atoms in total. The Bertz CT molecular complexity index is 373. The van der Waals surface area contributed by atoms with Gasteiger partial charge in [0.15, 0.2) is 0 Å². The second kappa shape index (κ2) is 9.20. The molecule has 1 aliphatic rings. The quantitative estimate of drug-likeness (QED) is 0.523. The fourth-order valence-corrected chi connectivity index (χ4v) is 2.00. The molecule has 1 saturated heterocycles. The van der Waals surface area contributed by atoms with Crippen LogP contribution in [0.4, 0.5) is 9.59 Å². The minimum atomic E-state index is -0.759. The Labute approximate surface area is 125 Å². The molecule has 4 amide bonds. The van der Waals surface area contributed by atoms with Gasteiger partial charge in [0.2, 0.25) is 0 Å². The molecule has 1 fully saturated rings. The summed E-state index contributed by atoms with van der Waals surface area (Å²) >= 11 is 0. The van der Waals surface area contributed by atoms with Gasteiger partial charge in [-0.15, -0.1) is 0 Å². The molecule has 1 aliphatic heterocycles. The van der Waals surface area contributed by atoms with E-state index in [1.54, 1.807) is 0 Å². The smallest absolute Gasteiger partial charge is 0.320 e. The summed E-state index contributed by atoms with van der Waals surface area (Å²) in [5, 5.41) is 3.09. The minimum Gasteiger partial charge on any atom is -0.320 e. The van der Waals surface area contributed by atoms with E-state index in [2.05, 4.69) is 12.2 Å². The van der Waals surface area contributed by atoms with Crippen LogP contribution < -0.4 is 5.32 Å². The van der Waals surface area contributed by atoms with Gasteiger partial charge in [0, 0.05) is 13.1 Å². The van der Waals surface area contributed by atoms with Crippen LogP contribution in [0.1, 0.15) is 52.4 Å². The maximum Gasteiger partial charge on any atom is 0.432 e. The third kappa shape index (κ3) is 5.61. The number of nitrogens with zero attached hydrogens (tertiary/aromatic N) is 2. The van der Waals surface area contributed by atoms with Crippen molar-refractivity contribution in [2.45, 2.75) is 52.4 Å². The molecule has 1 heterocycles. The Morgan fingerprint density at radius 3 is 2.52 bits per heavy atom. The minimum absolute atomic E-state index is 0.0252. The van der Waals surface area contributed by atoms with Gasteiger partial charge in [-0.25, -0.2) is 9.59 Å². The van der Waals surface area contributed by atoms with Gasteiger partial charge >= 0.3 is 12.1 Å². The Morgan fingerprint density at radius 2 is 1.86 bits per heavy atom. The van der Waals surface area contributed by atoms with Gasteiger partial charge in [0.25, 0.3) is 5.91 Å². The molecule has 21 heavy (non-hydrogen) atoms. The highest BCUT2D eigenvalue weighted by Gasteiger charge is 2.38. The SMILES string of the molecule is CCCCCCNC(=O)ON1C(=O)CN(CCCC)C1=O. The molecule has 1 rings (SSSR count). The fraction of sp³-hybridized carbons (Fsp3) is 0.786.